The van der Waals surface area contributed by atoms with Gasteiger partial charge in [-0.1, -0.05) is 6.07 Å². The number of nitrogens with one attached hydrogen (secondary N) is 2. The van der Waals surface area contributed by atoms with Crippen LogP contribution in [0.3, 0.4) is 0 Å². The Morgan fingerprint density at radius 3 is 2.46 bits per heavy atom. The summed E-state index contributed by atoms with van der Waals surface area (Å²) in [6.07, 6.45) is 9.19. The largest absolute Gasteiger partial charge is 0.326 e. The number of fused-ring (bicyclic) bond motifs is 2. The molecular formula is C21H27Cl2N3OS. The highest BCUT2D eigenvalue weighted by atomic mass is 35.5. The zero-order valence-corrected chi connectivity index (χ0v) is 18.1. The van der Waals surface area contributed by atoms with E-state index in [-0.39, 0.29) is 30.7 Å². The molecule has 2 aromatic rings. The first-order valence-corrected chi connectivity index (χ1v) is 10.4. The Morgan fingerprint density at radius 1 is 1.11 bits per heavy atom. The molecule has 2 aliphatic heterocycles. The van der Waals surface area contributed by atoms with Crippen molar-refractivity contribution in [2.45, 2.75) is 54.8 Å². The lowest BCUT2D eigenvalue weighted by Gasteiger charge is -2.28. The van der Waals surface area contributed by atoms with Crippen molar-refractivity contribution in [1.82, 2.24) is 10.3 Å². The van der Waals surface area contributed by atoms with Crippen LogP contribution in [0.2, 0.25) is 0 Å². The third-order valence-corrected chi connectivity index (χ3v) is 6.39. The average molecular weight is 440 g/mol. The number of thioether (sulfide) groups is 1. The molecule has 2 N–H and O–H groups in total. The molecule has 2 unspecified atom stereocenters. The Balaban J connectivity index is 0.00000140. The zero-order chi connectivity index (χ0) is 17.8. The van der Waals surface area contributed by atoms with Gasteiger partial charge in [0, 0.05) is 47.2 Å². The smallest absolute Gasteiger partial charge is 0.224 e. The summed E-state index contributed by atoms with van der Waals surface area (Å²) in [7, 11) is 0. The van der Waals surface area contributed by atoms with E-state index in [0.717, 1.165) is 24.3 Å². The van der Waals surface area contributed by atoms with Crippen molar-refractivity contribution >= 4 is 48.2 Å². The van der Waals surface area contributed by atoms with E-state index >= 15 is 0 Å². The third-order valence-electron chi connectivity index (χ3n) is 5.31. The molecule has 3 heterocycles. The molecule has 7 heteroatoms. The van der Waals surface area contributed by atoms with Crippen LogP contribution in [0.1, 0.15) is 37.7 Å². The van der Waals surface area contributed by atoms with Crippen molar-refractivity contribution < 1.29 is 4.79 Å². The fourth-order valence-electron chi connectivity index (χ4n) is 4.10. The molecule has 1 aromatic carbocycles. The molecule has 2 bridgehead atoms. The molecule has 2 fully saturated rings. The van der Waals surface area contributed by atoms with Gasteiger partial charge >= 0.3 is 0 Å². The second-order valence-corrected chi connectivity index (χ2v) is 8.45. The van der Waals surface area contributed by atoms with Gasteiger partial charge in [-0.05, 0) is 67.5 Å². The molecule has 1 aromatic heterocycles. The van der Waals surface area contributed by atoms with Gasteiger partial charge in [0.15, 0.2) is 0 Å². The van der Waals surface area contributed by atoms with Gasteiger partial charge < -0.3 is 10.6 Å². The molecule has 4 nitrogen and oxygen atoms in total. The number of piperidine rings is 1. The minimum absolute atomic E-state index is 0. The number of amides is 1. The number of benzene rings is 1. The predicted molar refractivity (Wildman–Crippen MR) is 121 cm³/mol. The molecular weight excluding hydrogens is 413 g/mol. The van der Waals surface area contributed by atoms with E-state index in [0.29, 0.717) is 24.4 Å². The number of carbonyl (C=O) groups excluding carboxylic acids is 1. The van der Waals surface area contributed by atoms with Gasteiger partial charge in [0.1, 0.15) is 0 Å². The summed E-state index contributed by atoms with van der Waals surface area (Å²) in [6.45, 7) is 0. The predicted octanol–water partition coefficient (Wildman–Crippen LogP) is 5.08. The van der Waals surface area contributed by atoms with Crippen LogP contribution in [0.5, 0.6) is 0 Å². The quantitative estimate of drug-likeness (QED) is 0.616. The number of rotatable bonds is 6. The highest BCUT2D eigenvalue weighted by Gasteiger charge is 2.34. The Morgan fingerprint density at radius 2 is 1.82 bits per heavy atom. The maximum Gasteiger partial charge on any atom is 0.224 e. The van der Waals surface area contributed by atoms with E-state index in [2.05, 4.69) is 33.8 Å². The highest BCUT2D eigenvalue weighted by Crippen LogP contribution is 2.33. The van der Waals surface area contributed by atoms with Crippen molar-refractivity contribution in [2.24, 2.45) is 5.92 Å². The minimum Gasteiger partial charge on any atom is -0.326 e. The molecule has 0 aliphatic carbocycles. The van der Waals surface area contributed by atoms with Crippen molar-refractivity contribution in [3.8, 4) is 0 Å². The molecule has 0 spiro atoms. The van der Waals surface area contributed by atoms with E-state index in [1.165, 1.54) is 23.3 Å². The number of carbonyl (C=O) groups is 1. The Hall–Kier alpha value is -1.27. The van der Waals surface area contributed by atoms with Gasteiger partial charge in [0.25, 0.3) is 0 Å². The van der Waals surface area contributed by atoms with E-state index in [4.69, 9.17) is 0 Å². The summed E-state index contributed by atoms with van der Waals surface area (Å²) < 4.78 is 0. The number of anilines is 1. The summed E-state index contributed by atoms with van der Waals surface area (Å²) in [4.78, 5) is 17.7. The second-order valence-electron chi connectivity index (χ2n) is 7.40. The van der Waals surface area contributed by atoms with Gasteiger partial charge in [-0.3, -0.25) is 9.78 Å². The Kier molecular flexibility index (Phi) is 9.09. The molecule has 152 valence electrons. The average Bonchev–Trinajstić information content (AvgIpc) is 3.00. The molecule has 2 aliphatic rings. The number of pyridine rings is 1. The summed E-state index contributed by atoms with van der Waals surface area (Å²) in [6, 6.07) is 13.5. The fourth-order valence-corrected chi connectivity index (χ4v) is 4.93. The maximum atomic E-state index is 12.4. The normalized spacial score (nSPS) is 22.6. The molecule has 28 heavy (non-hydrogen) atoms. The summed E-state index contributed by atoms with van der Waals surface area (Å²) >= 11 is 1.78. The van der Waals surface area contributed by atoms with Gasteiger partial charge in [0.2, 0.25) is 5.91 Å². The molecule has 0 saturated carbocycles. The number of aromatic nitrogens is 1. The molecule has 0 radical (unpaired) electrons. The Bertz CT molecular complexity index is 733. The lowest BCUT2D eigenvalue weighted by molar-refractivity contribution is -0.117. The van der Waals surface area contributed by atoms with E-state index in [1.807, 2.05) is 24.4 Å². The van der Waals surface area contributed by atoms with Gasteiger partial charge in [-0.15, -0.1) is 36.6 Å². The van der Waals surface area contributed by atoms with Crippen LogP contribution in [-0.4, -0.2) is 23.0 Å². The molecule has 2 saturated heterocycles. The monoisotopic (exact) mass is 439 g/mol. The SMILES string of the molecule is Cl.Cl.O=C(CC1CC2CCC(C1)N2)Nc1ccc(SCc2cccnc2)cc1. The van der Waals surface area contributed by atoms with Crippen LogP contribution in [0.25, 0.3) is 0 Å². The molecule has 1 amide bonds. The first-order valence-electron chi connectivity index (χ1n) is 9.42. The number of hydrogen-bond acceptors (Lipinski definition) is 4. The number of nitrogens with zero attached hydrogens (tertiary/aromatic N) is 1. The fraction of sp³-hybridized carbons (Fsp3) is 0.429. The topological polar surface area (TPSA) is 54.0 Å². The highest BCUT2D eigenvalue weighted by molar-refractivity contribution is 7.98. The molecule has 4 rings (SSSR count). The van der Waals surface area contributed by atoms with E-state index in [1.54, 1.807) is 18.0 Å². The van der Waals surface area contributed by atoms with Crippen LogP contribution < -0.4 is 10.6 Å². The maximum absolute atomic E-state index is 12.4. The van der Waals surface area contributed by atoms with Crippen molar-refractivity contribution in [1.29, 1.82) is 0 Å². The van der Waals surface area contributed by atoms with Crippen molar-refractivity contribution in [3.05, 3.63) is 54.4 Å². The van der Waals surface area contributed by atoms with Crippen LogP contribution in [0, 0.1) is 5.92 Å². The lowest BCUT2D eigenvalue weighted by atomic mass is 9.89. The van der Waals surface area contributed by atoms with E-state index in [9.17, 15) is 4.79 Å². The third kappa shape index (κ3) is 6.38. The lowest BCUT2D eigenvalue weighted by Crippen LogP contribution is -2.39. The standard InChI is InChI=1S/C21H25N3OS.2ClH/c25-21(12-16-10-18-3-4-19(11-16)23-18)24-17-5-7-20(8-6-17)26-14-15-2-1-9-22-13-15;;/h1-2,5-9,13,16,18-19,23H,3-4,10-12,14H2,(H,24,25);2*1H. The van der Waals surface area contributed by atoms with Crippen LogP contribution in [0.4, 0.5) is 5.69 Å². The number of hydrogen-bond donors (Lipinski definition) is 2. The van der Waals surface area contributed by atoms with Crippen LogP contribution in [-0.2, 0) is 10.5 Å². The van der Waals surface area contributed by atoms with Crippen LogP contribution in [0.15, 0.2) is 53.7 Å². The molecule has 2 atom stereocenters. The summed E-state index contributed by atoms with van der Waals surface area (Å²) in [5.41, 5.74) is 2.10. The van der Waals surface area contributed by atoms with Gasteiger partial charge in [-0.25, -0.2) is 0 Å². The number of halogens is 2. The summed E-state index contributed by atoms with van der Waals surface area (Å²) in [5.74, 6) is 1.58. The van der Waals surface area contributed by atoms with Crippen LogP contribution >= 0.6 is 36.6 Å². The zero-order valence-electron chi connectivity index (χ0n) is 15.7. The van der Waals surface area contributed by atoms with Crippen molar-refractivity contribution in [3.63, 3.8) is 0 Å². The second kappa shape index (κ2) is 11.1. The van der Waals surface area contributed by atoms with Gasteiger partial charge in [0.05, 0.1) is 0 Å². The summed E-state index contributed by atoms with van der Waals surface area (Å²) in [5, 5.41) is 6.70. The first-order chi connectivity index (χ1) is 12.7. The van der Waals surface area contributed by atoms with Gasteiger partial charge in [-0.2, -0.15) is 0 Å². The first kappa shape index (κ1) is 23.0. The van der Waals surface area contributed by atoms with Crippen molar-refractivity contribution in [2.75, 3.05) is 5.32 Å². The van der Waals surface area contributed by atoms with E-state index < -0.39 is 0 Å². The Labute approximate surface area is 183 Å². The minimum atomic E-state index is 0.